The Kier molecular flexibility index (Phi) is 15.9. The molecule has 3 aromatic rings. The summed E-state index contributed by atoms with van der Waals surface area (Å²) in [5.74, 6) is -1.57. The Morgan fingerprint density at radius 2 is 1.42 bits per heavy atom. The van der Waals surface area contributed by atoms with Crippen LogP contribution < -0.4 is 21.1 Å². The van der Waals surface area contributed by atoms with E-state index in [-0.39, 0.29) is 37.0 Å². The smallest absolute Gasteiger partial charge is 0.303 e. The Balaban J connectivity index is 0.000000596. The van der Waals surface area contributed by atoms with Crippen molar-refractivity contribution in [2.24, 2.45) is 11.7 Å². The first-order valence-corrected chi connectivity index (χ1v) is 15.1. The minimum atomic E-state index is -1.06. The molecule has 10 heteroatoms. The van der Waals surface area contributed by atoms with Gasteiger partial charge in [0.25, 0.3) is 0 Å². The van der Waals surface area contributed by atoms with Crippen LogP contribution in [0.1, 0.15) is 50.3 Å². The van der Waals surface area contributed by atoms with Crippen molar-refractivity contribution < 1.29 is 34.1 Å². The van der Waals surface area contributed by atoms with Crippen LogP contribution in [0.3, 0.4) is 0 Å². The number of aliphatic carboxylic acids is 1. The van der Waals surface area contributed by atoms with E-state index in [4.69, 9.17) is 15.6 Å². The van der Waals surface area contributed by atoms with Crippen LogP contribution in [0.4, 0.5) is 0 Å². The van der Waals surface area contributed by atoms with Gasteiger partial charge >= 0.3 is 5.97 Å². The Hall–Kier alpha value is -4.70. The minimum absolute atomic E-state index is 0.00197. The number of hydrogen-bond acceptors (Lipinski definition) is 6. The molecule has 3 unspecified atom stereocenters. The molecular weight excluding hydrogens is 574 g/mol. The number of amides is 3. The molecule has 10 nitrogen and oxygen atoms in total. The molecule has 0 aliphatic heterocycles. The topological polar surface area (TPSA) is 168 Å². The van der Waals surface area contributed by atoms with Crippen LogP contribution in [0, 0.1) is 5.92 Å². The van der Waals surface area contributed by atoms with Crippen LogP contribution in [0.2, 0.25) is 0 Å². The van der Waals surface area contributed by atoms with Gasteiger partial charge in [0.05, 0.1) is 31.6 Å². The quantitative estimate of drug-likeness (QED) is 0.164. The van der Waals surface area contributed by atoms with E-state index in [9.17, 15) is 24.3 Å². The lowest BCUT2D eigenvalue weighted by Crippen LogP contribution is -2.55. The summed E-state index contributed by atoms with van der Waals surface area (Å²) in [7, 11) is 0. The van der Waals surface area contributed by atoms with Gasteiger partial charge in [-0.2, -0.15) is 0 Å². The SMILES string of the molecule is CCOc1cccc(CC(=O)NC(C(=O)NC(Cc2ccccc2)C(O)CCC(=O)O)C(C)C)c1.NC(=O)Cc1ccccc1. The van der Waals surface area contributed by atoms with Gasteiger partial charge in [-0.05, 0) is 54.5 Å². The highest BCUT2D eigenvalue weighted by atomic mass is 16.5. The van der Waals surface area contributed by atoms with E-state index in [1.54, 1.807) is 6.07 Å². The summed E-state index contributed by atoms with van der Waals surface area (Å²) in [6.45, 7) is 6.06. The zero-order chi connectivity index (χ0) is 33.2. The number of carbonyl (C=O) groups is 4. The van der Waals surface area contributed by atoms with E-state index < -0.39 is 30.1 Å². The van der Waals surface area contributed by atoms with Gasteiger partial charge in [-0.3, -0.25) is 19.2 Å². The normalized spacial score (nSPS) is 12.6. The minimum Gasteiger partial charge on any atom is -0.494 e. The molecule has 0 spiro atoms. The molecule has 242 valence electrons. The van der Waals surface area contributed by atoms with Crippen LogP contribution >= 0.6 is 0 Å². The van der Waals surface area contributed by atoms with Gasteiger partial charge < -0.3 is 31.3 Å². The molecule has 3 amide bonds. The summed E-state index contributed by atoms with van der Waals surface area (Å²) >= 11 is 0. The van der Waals surface area contributed by atoms with Gasteiger partial charge in [0.2, 0.25) is 17.7 Å². The third kappa shape index (κ3) is 14.6. The van der Waals surface area contributed by atoms with Gasteiger partial charge in [0, 0.05) is 6.42 Å². The van der Waals surface area contributed by atoms with E-state index in [0.29, 0.717) is 25.2 Å². The Morgan fingerprint density at radius 3 is 1.98 bits per heavy atom. The van der Waals surface area contributed by atoms with Crippen molar-refractivity contribution in [1.29, 1.82) is 0 Å². The van der Waals surface area contributed by atoms with Crippen molar-refractivity contribution in [3.8, 4) is 5.75 Å². The molecular formula is C35H45N3O7. The zero-order valence-corrected chi connectivity index (χ0v) is 26.1. The number of hydrogen-bond donors (Lipinski definition) is 5. The largest absolute Gasteiger partial charge is 0.494 e. The average Bonchev–Trinajstić information content (AvgIpc) is 2.99. The number of benzene rings is 3. The maximum atomic E-state index is 13.2. The van der Waals surface area contributed by atoms with Crippen LogP contribution in [0.25, 0.3) is 0 Å². The number of carboxylic acid groups (broad SMARTS) is 1. The predicted octanol–water partition coefficient (Wildman–Crippen LogP) is 3.44. The number of nitrogens with two attached hydrogens (primary N) is 1. The summed E-state index contributed by atoms with van der Waals surface area (Å²) in [4.78, 5) is 47.3. The molecule has 3 atom stereocenters. The van der Waals surface area contributed by atoms with Gasteiger partial charge in [-0.1, -0.05) is 86.6 Å². The highest BCUT2D eigenvalue weighted by Crippen LogP contribution is 2.15. The fraction of sp³-hybridized carbons (Fsp3) is 0.371. The van der Waals surface area contributed by atoms with E-state index in [2.05, 4.69) is 10.6 Å². The molecule has 0 aliphatic rings. The summed E-state index contributed by atoms with van der Waals surface area (Å²) in [5, 5.41) is 25.3. The van der Waals surface area contributed by atoms with Gasteiger partial charge in [0.1, 0.15) is 11.8 Å². The van der Waals surface area contributed by atoms with Crippen molar-refractivity contribution in [2.75, 3.05) is 6.61 Å². The van der Waals surface area contributed by atoms with E-state index >= 15 is 0 Å². The van der Waals surface area contributed by atoms with Crippen molar-refractivity contribution in [1.82, 2.24) is 10.6 Å². The van der Waals surface area contributed by atoms with E-state index in [1.165, 1.54) is 0 Å². The molecule has 0 fully saturated rings. The fourth-order valence-electron chi connectivity index (χ4n) is 4.55. The van der Waals surface area contributed by atoms with Crippen LogP contribution in [0.15, 0.2) is 84.9 Å². The third-order valence-corrected chi connectivity index (χ3v) is 6.81. The number of carbonyl (C=O) groups excluding carboxylic acids is 3. The molecule has 45 heavy (non-hydrogen) atoms. The first-order valence-electron chi connectivity index (χ1n) is 15.1. The number of aliphatic hydroxyl groups is 1. The third-order valence-electron chi connectivity index (χ3n) is 6.81. The second kappa shape index (κ2) is 19.6. The maximum Gasteiger partial charge on any atom is 0.303 e. The Bertz CT molecular complexity index is 1350. The van der Waals surface area contributed by atoms with Crippen molar-refractivity contribution >= 4 is 23.7 Å². The second-order valence-electron chi connectivity index (χ2n) is 11.0. The summed E-state index contributed by atoms with van der Waals surface area (Å²) in [5.41, 5.74) is 7.61. The first kappa shape index (κ1) is 36.5. The van der Waals surface area contributed by atoms with Gasteiger partial charge in [0.15, 0.2) is 0 Å². The molecule has 0 bridgehead atoms. The van der Waals surface area contributed by atoms with Crippen molar-refractivity contribution in [2.45, 2.75) is 71.1 Å². The number of nitrogens with one attached hydrogen (secondary N) is 2. The Morgan fingerprint density at radius 1 is 0.822 bits per heavy atom. The lowest BCUT2D eigenvalue weighted by atomic mass is 9.96. The molecule has 0 saturated carbocycles. The summed E-state index contributed by atoms with van der Waals surface area (Å²) < 4.78 is 5.48. The number of aliphatic hydroxyl groups excluding tert-OH is 1. The fourth-order valence-corrected chi connectivity index (χ4v) is 4.55. The van der Waals surface area contributed by atoms with Gasteiger partial charge in [-0.25, -0.2) is 0 Å². The molecule has 0 saturated heterocycles. The average molecular weight is 620 g/mol. The maximum absolute atomic E-state index is 13.2. The zero-order valence-electron chi connectivity index (χ0n) is 26.1. The van der Waals surface area contributed by atoms with Gasteiger partial charge in [-0.15, -0.1) is 0 Å². The summed E-state index contributed by atoms with van der Waals surface area (Å²) in [6.07, 6.45) is -0.515. The van der Waals surface area contributed by atoms with Crippen LogP contribution in [-0.4, -0.2) is 58.7 Å². The number of carboxylic acids is 1. The monoisotopic (exact) mass is 619 g/mol. The lowest BCUT2D eigenvalue weighted by Gasteiger charge is -2.28. The molecule has 0 radical (unpaired) electrons. The molecule has 3 aromatic carbocycles. The first-order chi connectivity index (χ1) is 21.5. The second-order valence-corrected chi connectivity index (χ2v) is 11.0. The van der Waals surface area contributed by atoms with Crippen LogP contribution in [-0.2, 0) is 38.4 Å². The molecule has 0 aliphatic carbocycles. The highest BCUT2D eigenvalue weighted by Gasteiger charge is 2.29. The number of ether oxygens (including phenoxy) is 1. The number of rotatable bonds is 16. The lowest BCUT2D eigenvalue weighted by molar-refractivity contribution is -0.137. The molecule has 0 aromatic heterocycles. The van der Waals surface area contributed by atoms with E-state index in [0.717, 1.165) is 16.7 Å². The van der Waals surface area contributed by atoms with Crippen molar-refractivity contribution in [3.05, 3.63) is 102 Å². The summed E-state index contributed by atoms with van der Waals surface area (Å²) in [6, 6.07) is 24.5. The van der Waals surface area contributed by atoms with E-state index in [1.807, 2.05) is 99.6 Å². The standard InChI is InChI=1S/C27H36N2O6.C8H9NO/c1-4-35-21-12-8-11-20(15-21)17-24(31)29-26(18(2)3)27(34)28-22(23(30)13-14-25(32)33)16-19-9-6-5-7-10-19;9-8(10)6-7-4-2-1-3-5-7/h5-12,15,18,22-23,26,30H,4,13-14,16-17H2,1-3H3,(H,28,34)(H,29,31)(H,32,33);1-5H,6H2,(H2,9,10). The highest BCUT2D eigenvalue weighted by molar-refractivity contribution is 5.88. The Labute approximate surface area is 265 Å². The molecule has 3 rings (SSSR count). The predicted molar refractivity (Wildman–Crippen MR) is 172 cm³/mol. The number of primary amides is 1. The molecule has 6 N–H and O–H groups in total. The van der Waals surface area contributed by atoms with Crippen LogP contribution in [0.5, 0.6) is 5.75 Å². The molecule has 0 heterocycles. The van der Waals surface area contributed by atoms with Crippen molar-refractivity contribution in [3.63, 3.8) is 0 Å².